The third-order valence-electron chi connectivity index (χ3n) is 6.30. The molecule has 0 unspecified atom stereocenters. The number of carbonyl (C=O) groups is 1. The Bertz CT molecular complexity index is 1200. The number of urea groups is 1. The Kier molecular flexibility index (Phi) is 5.83. The summed E-state index contributed by atoms with van der Waals surface area (Å²) in [7, 11) is 1.78. The quantitative estimate of drug-likeness (QED) is 0.610. The topological polar surface area (TPSA) is 71.9 Å². The fourth-order valence-electron chi connectivity index (χ4n) is 4.43. The first-order valence-corrected chi connectivity index (χ1v) is 11.5. The number of rotatable bonds is 4. The van der Waals surface area contributed by atoms with Crippen LogP contribution >= 0.6 is 11.6 Å². The summed E-state index contributed by atoms with van der Waals surface area (Å²) in [5, 5.41) is 15.0. The van der Waals surface area contributed by atoms with Gasteiger partial charge in [-0.05, 0) is 35.4 Å². The minimum atomic E-state index is -0.0625. The Morgan fingerprint density at radius 2 is 1.70 bits per heavy atom. The number of carbonyl (C=O) groups excluding carboxylic acids is 1. The third-order valence-corrected chi connectivity index (χ3v) is 6.60. The van der Waals surface area contributed by atoms with Gasteiger partial charge in [-0.2, -0.15) is 0 Å². The highest BCUT2D eigenvalue weighted by molar-refractivity contribution is 6.34. The number of aromatic hydroxyl groups is 1. The van der Waals surface area contributed by atoms with Crippen molar-refractivity contribution in [2.75, 3.05) is 56.1 Å². The largest absolute Gasteiger partial charge is 0.507 e. The molecular weight excluding hydrogens is 438 g/mol. The molecule has 1 aromatic heterocycles. The lowest BCUT2D eigenvalue weighted by molar-refractivity contribution is 0.229. The summed E-state index contributed by atoms with van der Waals surface area (Å²) in [5.74, 6) is 1.10. The summed E-state index contributed by atoms with van der Waals surface area (Å²) >= 11 is 6.58. The molecule has 33 heavy (non-hydrogen) atoms. The maximum absolute atomic E-state index is 12.4. The van der Waals surface area contributed by atoms with Gasteiger partial charge in [0.15, 0.2) is 0 Å². The SMILES string of the molecule is CN1CCN(c2ccc(-c3cccc(-c4ccnc(N5CCNCC5)c4)c3O)cc2Cl)C1=O. The molecule has 0 spiro atoms. The van der Waals surface area contributed by atoms with Gasteiger partial charge in [-0.3, -0.25) is 4.90 Å². The maximum Gasteiger partial charge on any atom is 0.324 e. The van der Waals surface area contributed by atoms with Gasteiger partial charge in [0, 0.05) is 63.6 Å². The Hall–Kier alpha value is -3.29. The molecule has 2 aliphatic rings. The molecule has 2 aliphatic heterocycles. The lowest BCUT2D eigenvalue weighted by Gasteiger charge is -2.28. The molecule has 2 N–H and O–H groups in total. The van der Waals surface area contributed by atoms with Crippen LogP contribution in [0.15, 0.2) is 54.7 Å². The highest BCUT2D eigenvalue weighted by atomic mass is 35.5. The number of hydrogen-bond donors (Lipinski definition) is 2. The van der Waals surface area contributed by atoms with Gasteiger partial charge in [-0.25, -0.2) is 9.78 Å². The molecule has 2 saturated heterocycles. The number of benzene rings is 2. The second-order valence-corrected chi connectivity index (χ2v) is 8.77. The number of hydrogen-bond acceptors (Lipinski definition) is 5. The smallest absolute Gasteiger partial charge is 0.324 e. The number of nitrogens with zero attached hydrogens (tertiary/aromatic N) is 4. The lowest BCUT2D eigenvalue weighted by Crippen LogP contribution is -2.43. The molecule has 2 aromatic carbocycles. The van der Waals surface area contributed by atoms with Crippen LogP contribution in [0.4, 0.5) is 16.3 Å². The molecule has 8 heteroatoms. The molecule has 5 rings (SSSR count). The zero-order valence-corrected chi connectivity index (χ0v) is 19.2. The van der Waals surface area contributed by atoms with E-state index in [4.69, 9.17) is 11.6 Å². The summed E-state index contributed by atoms with van der Waals surface area (Å²) in [6.45, 7) is 4.95. The molecule has 0 radical (unpaired) electrons. The van der Waals surface area contributed by atoms with Crippen molar-refractivity contribution in [1.29, 1.82) is 0 Å². The zero-order valence-electron chi connectivity index (χ0n) is 18.5. The van der Waals surface area contributed by atoms with E-state index in [1.807, 2.05) is 42.5 Å². The van der Waals surface area contributed by atoms with Crippen LogP contribution in [0.2, 0.25) is 5.02 Å². The molecule has 0 saturated carbocycles. The Morgan fingerprint density at radius 3 is 2.36 bits per heavy atom. The molecule has 7 nitrogen and oxygen atoms in total. The fourth-order valence-corrected chi connectivity index (χ4v) is 4.71. The van der Waals surface area contributed by atoms with Crippen molar-refractivity contribution in [2.24, 2.45) is 0 Å². The Morgan fingerprint density at radius 1 is 0.970 bits per heavy atom. The highest BCUT2D eigenvalue weighted by Gasteiger charge is 2.28. The highest BCUT2D eigenvalue weighted by Crippen LogP contribution is 2.41. The van der Waals surface area contributed by atoms with Gasteiger partial charge in [-0.1, -0.05) is 35.9 Å². The van der Waals surface area contributed by atoms with Crippen molar-refractivity contribution < 1.29 is 9.90 Å². The Balaban J connectivity index is 1.47. The number of piperazine rings is 1. The predicted molar refractivity (Wildman–Crippen MR) is 132 cm³/mol. The first-order chi connectivity index (χ1) is 16.0. The average molecular weight is 464 g/mol. The summed E-state index contributed by atoms with van der Waals surface area (Å²) in [6.07, 6.45) is 1.79. The number of halogens is 1. The van der Waals surface area contributed by atoms with Gasteiger partial charge < -0.3 is 20.2 Å². The first kappa shape index (κ1) is 21.6. The summed E-state index contributed by atoms with van der Waals surface area (Å²) in [6, 6.07) is 15.1. The number of phenols is 1. The van der Waals surface area contributed by atoms with Gasteiger partial charge in [0.1, 0.15) is 11.6 Å². The zero-order chi connectivity index (χ0) is 22.9. The number of para-hydroxylation sites is 1. The average Bonchev–Trinajstić information content (AvgIpc) is 3.18. The van der Waals surface area contributed by atoms with Crippen molar-refractivity contribution in [2.45, 2.75) is 0 Å². The van der Waals surface area contributed by atoms with Crippen LogP contribution in [-0.2, 0) is 0 Å². The fraction of sp³-hybridized carbons (Fsp3) is 0.280. The van der Waals surface area contributed by atoms with E-state index in [9.17, 15) is 9.90 Å². The third kappa shape index (κ3) is 4.10. The minimum absolute atomic E-state index is 0.0625. The van der Waals surface area contributed by atoms with Crippen LogP contribution in [0.5, 0.6) is 5.75 Å². The number of pyridine rings is 1. The normalized spacial score (nSPS) is 16.5. The van der Waals surface area contributed by atoms with Crippen LogP contribution in [0.3, 0.4) is 0 Å². The van der Waals surface area contributed by atoms with Crippen LogP contribution in [0.25, 0.3) is 22.3 Å². The molecule has 3 heterocycles. The van der Waals surface area contributed by atoms with Gasteiger partial charge in [0.25, 0.3) is 0 Å². The van der Waals surface area contributed by atoms with Crippen LogP contribution in [-0.4, -0.2) is 67.3 Å². The van der Waals surface area contributed by atoms with Gasteiger partial charge in [-0.15, -0.1) is 0 Å². The van der Waals surface area contributed by atoms with Gasteiger partial charge in [0.2, 0.25) is 0 Å². The standard InChI is InChI=1S/C25H26ClN5O2/c1-29-13-14-31(25(29)33)22-6-5-17(15-21(22)26)19-3-2-4-20(24(19)32)18-7-8-28-23(16-18)30-11-9-27-10-12-30/h2-8,15-16,27,32H,9-14H2,1H3. The number of amides is 2. The minimum Gasteiger partial charge on any atom is -0.507 e. The van der Waals surface area contributed by atoms with E-state index in [1.54, 1.807) is 29.1 Å². The van der Waals surface area contributed by atoms with Gasteiger partial charge >= 0.3 is 6.03 Å². The van der Waals surface area contributed by atoms with E-state index in [0.29, 0.717) is 29.4 Å². The van der Waals surface area contributed by atoms with E-state index in [2.05, 4.69) is 15.2 Å². The second-order valence-electron chi connectivity index (χ2n) is 8.36. The number of phenolic OH excluding ortho intramolecular Hbond substituents is 1. The first-order valence-electron chi connectivity index (χ1n) is 11.1. The van der Waals surface area contributed by atoms with Gasteiger partial charge in [0.05, 0.1) is 10.7 Å². The van der Waals surface area contributed by atoms with Crippen molar-refractivity contribution in [3.05, 3.63) is 59.8 Å². The number of anilines is 2. The summed E-state index contributed by atoms with van der Waals surface area (Å²) in [4.78, 5) is 22.5. The predicted octanol–water partition coefficient (Wildman–Crippen LogP) is 4.06. The molecule has 0 atom stereocenters. The van der Waals surface area contributed by atoms with Crippen LogP contribution in [0.1, 0.15) is 0 Å². The molecule has 0 aliphatic carbocycles. The number of aromatic nitrogens is 1. The van der Waals surface area contributed by atoms with Crippen molar-refractivity contribution >= 4 is 29.1 Å². The van der Waals surface area contributed by atoms with Crippen molar-refractivity contribution in [3.63, 3.8) is 0 Å². The van der Waals surface area contributed by atoms with E-state index in [0.717, 1.165) is 48.7 Å². The van der Waals surface area contributed by atoms with E-state index in [-0.39, 0.29) is 11.8 Å². The molecule has 3 aromatic rings. The lowest BCUT2D eigenvalue weighted by atomic mass is 9.97. The summed E-state index contributed by atoms with van der Waals surface area (Å²) in [5.41, 5.74) is 3.81. The second kappa shape index (κ2) is 8.92. The number of likely N-dealkylation sites (N-methyl/N-ethyl adjacent to an activating group) is 1. The molecular formula is C25H26ClN5O2. The van der Waals surface area contributed by atoms with E-state index < -0.39 is 0 Å². The van der Waals surface area contributed by atoms with Crippen LogP contribution in [0, 0.1) is 0 Å². The molecule has 2 fully saturated rings. The van der Waals surface area contributed by atoms with E-state index >= 15 is 0 Å². The number of nitrogens with one attached hydrogen (secondary N) is 1. The van der Waals surface area contributed by atoms with Crippen LogP contribution < -0.4 is 15.1 Å². The van der Waals surface area contributed by atoms with Crippen molar-refractivity contribution in [1.82, 2.24) is 15.2 Å². The molecule has 0 bridgehead atoms. The molecule has 170 valence electrons. The Labute approximate surface area is 198 Å². The van der Waals surface area contributed by atoms with Crippen molar-refractivity contribution in [3.8, 4) is 28.0 Å². The molecule has 2 amide bonds. The monoisotopic (exact) mass is 463 g/mol. The van der Waals surface area contributed by atoms with E-state index in [1.165, 1.54) is 0 Å². The summed E-state index contributed by atoms with van der Waals surface area (Å²) < 4.78 is 0. The maximum atomic E-state index is 12.4.